The minimum atomic E-state index is -0.573. The first-order valence-corrected chi connectivity index (χ1v) is 11.5. The van der Waals surface area contributed by atoms with Gasteiger partial charge in [0.05, 0.1) is 19.3 Å². The molecule has 0 spiro atoms. The van der Waals surface area contributed by atoms with E-state index in [-0.39, 0.29) is 6.04 Å². The maximum atomic E-state index is 12.4. The van der Waals surface area contributed by atoms with E-state index >= 15 is 0 Å². The average Bonchev–Trinajstić information content (AvgIpc) is 2.81. The first-order valence-electron chi connectivity index (χ1n) is 11.5. The Morgan fingerprint density at radius 2 is 1.59 bits per heavy atom. The molecule has 2 aliphatic heterocycles. The van der Waals surface area contributed by atoms with Crippen LogP contribution in [0.4, 0.5) is 5.69 Å². The molecule has 0 unspecified atom stereocenters. The Morgan fingerprint density at radius 1 is 0.969 bits per heavy atom. The molecule has 1 atom stereocenters. The summed E-state index contributed by atoms with van der Waals surface area (Å²) < 4.78 is 5.33. The molecule has 1 aromatic carbocycles. The number of carbonyl (C=O) groups excluding carboxylic acids is 2. The van der Waals surface area contributed by atoms with E-state index in [1.54, 1.807) is 0 Å². The Kier molecular flexibility index (Phi) is 9.28. The van der Waals surface area contributed by atoms with Crippen molar-refractivity contribution in [1.29, 1.82) is 0 Å². The van der Waals surface area contributed by atoms with Crippen LogP contribution in [0.5, 0.6) is 0 Å². The third kappa shape index (κ3) is 7.16. The zero-order valence-electron chi connectivity index (χ0n) is 19.7. The van der Waals surface area contributed by atoms with Gasteiger partial charge in [-0.2, -0.15) is 0 Å². The van der Waals surface area contributed by atoms with Crippen LogP contribution in [0, 0.1) is 0 Å². The molecule has 178 valence electrons. The molecule has 0 bridgehead atoms. The van der Waals surface area contributed by atoms with Crippen molar-refractivity contribution < 1.29 is 14.3 Å². The maximum absolute atomic E-state index is 12.4. The van der Waals surface area contributed by atoms with E-state index < -0.39 is 11.8 Å². The zero-order chi connectivity index (χ0) is 22.9. The van der Waals surface area contributed by atoms with Crippen LogP contribution in [0.3, 0.4) is 0 Å². The summed E-state index contributed by atoms with van der Waals surface area (Å²) in [5.74, 6) is -1.14. The quantitative estimate of drug-likeness (QED) is 0.527. The second-order valence-electron chi connectivity index (χ2n) is 8.76. The minimum Gasteiger partial charge on any atom is -0.379 e. The molecule has 2 heterocycles. The van der Waals surface area contributed by atoms with Crippen molar-refractivity contribution in [2.75, 3.05) is 98.2 Å². The number of piperazine rings is 1. The number of benzene rings is 1. The Hall–Kier alpha value is -2.20. The van der Waals surface area contributed by atoms with E-state index in [1.165, 1.54) is 0 Å². The van der Waals surface area contributed by atoms with Crippen LogP contribution < -0.4 is 15.5 Å². The van der Waals surface area contributed by atoms with Gasteiger partial charge < -0.3 is 25.2 Å². The van der Waals surface area contributed by atoms with Crippen LogP contribution in [0.25, 0.3) is 0 Å². The molecule has 0 saturated carbocycles. The molecule has 0 aliphatic carbocycles. The highest BCUT2D eigenvalue weighted by Gasteiger charge is 2.25. The molecule has 2 fully saturated rings. The van der Waals surface area contributed by atoms with Gasteiger partial charge in [-0.3, -0.25) is 19.4 Å². The fraction of sp³-hybridized carbons (Fsp3) is 0.652. The highest BCUT2D eigenvalue weighted by molar-refractivity contribution is 6.35. The van der Waals surface area contributed by atoms with Gasteiger partial charge in [-0.05, 0) is 24.7 Å². The molecule has 9 heteroatoms. The Balaban J connectivity index is 1.54. The lowest BCUT2D eigenvalue weighted by molar-refractivity contribution is -0.139. The van der Waals surface area contributed by atoms with Crippen molar-refractivity contribution >= 4 is 17.5 Å². The van der Waals surface area contributed by atoms with Crippen LogP contribution >= 0.6 is 0 Å². The fourth-order valence-electron chi connectivity index (χ4n) is 4.09. The van der Waals surface area contributed by atoms with Gasteiger partial charge in [0.1, 0.15) is 0 Å². The number of amides is 2. The molecular formula is C23H38N6O3. The van der Waals surface area contributed by atoms with Gasteiger partial charge in [-0.15, -0.1) is 0 Å². The summed E-state index contributed by atoms with van der Waals surface area (Å²) in [5, 5.41) is 5.60. The number of nitrogens with zero attached hydrogens (tertiary/aromatic N) is 4. The van der Waals surface area contributed by atoms with Crippen molar-refractivity contribution in [2.45, 2.75) is 6.04 Å². The molecule has 0 radical (unpaired) electrons. The second kappa shape index (κ2) is 12.2. The van der Waals surface area contributed by atoms with Crippen molar-refractivity contribution in [1.82, 2.24) is 25.3 Å². The SMILES string of the molecule is CN1CCN([C@@H](CNC(=O)C(=O)NCCN2CCOCC2)c2ccc(N(C)C)cc2)CC1. The third-order valence-electron chi connectivity index (χ3n) is 6.25. The maximum Gasteiger partial charge on any atom is 0.309 e. The molecule has 2 saturated heterocycles. The van der Waals surface area contributed by atoms with Gasteiger partial charge in [-0.1, -0.05) is 12.1 Å². The van der Waals surface area contributed by atoms with Crippen molar-refractivity contribution in [3.8, 4) is 0 Å². The summed E-state index contributed by atoms with van der Waals surface area (Å²) in [5.41, 5.74) is 2.28. The molecule has 1 aromatic rings. The third-order valence-corrected chi connectivity index (χ3v) is 6.25. The Labute approximate surface area is 191 Å². The smallest absolute Gasteiger partial charge is 0.309 e. The van der Waals surface area contributed by atoms with Gasteiger partial charge in [-0.25, -0.2) is 0 Å². The molecule has 0 aromatic heterocycles. The lowest BCUT2D eigenvalue weighted by atomic mass is 10.0. The van der Waals surface area contributed by atoms with Gasteiger partial charge in [0, 0.05) is 78.7 Å². The van der Waals surface area contributed by atoms with E-state index in [2.05, 4.69) is 61.5 Å². The van der Waals surface area contributed by atoms with E-state index in [4.69, 9.17) is 4.74 Å². The molecular weight excluding hydrogens is 408 g/mol. The van der Waals surface area contributed by atoms with Crippen LogP contribution in [0.2, 0.25) is 0 Å². The number of hydrogen-bond donors (Lipinski definition) is 2. The molecule has 2 N–H and O–H groups in total. The average molecular weight is 447 g/mol. The van der Waals surface area contributed by atoms with Gasteiger partial charge in [0.15, 0.2) is 0 Å². The van der Waals surface area contributed by atoms with Crippen LogP contribution in [-0.4, -0.2) is 120 Å². The standard InChI is InChI=1S/C23H38N6O3/c1-26(2)20-6-4-19(5-7-20)21(29-12-10-27(3)11-13-29)18-25-23(31)22(30)24-8-9-28-14-16-32-17-15-28/h4-7,21H,8-18H2,1-3H3,(H,24,30)(H,25,31)/t21-/m0/s1. The lowest BCUT2D eigenvalue weighted by Gasteiger charge is -2.38. The van der Waals surface area contributed by atoms with E-state index in [1.807, 2.05) is 14.1 Å². The first kappa shape index (κ1) is 24.4. The number of carbonyl (C=O) groups is 2. The first-order chi connectivity index (χ1) is 15.4. The summed E-state index contributed by atoms with van der Waals surface area (Å²) in [6.45, 7) is 8.59. The molecule has 32 heavy (non-hydrogen) atoms. The lowest BCUT2D eigenvalue weighted by Crippen LogP contribution is -2.50. The van der Waals surface area contributed by atoms with Gasteiger partial charge >= 0.3 is 11.8 Å². The van der Waals surface area contributed by atoms with E-state index in [0.29, 0.717) is 13.1 Å². The van der Waals surface area contributed by atoms with Gasteiger partial charge in [0.25, 0.3) is 0 Å². The monoisotopic (exact) mass is 446 g/mol. The number of ether oxygens (including phenoxy) is 1. The minimum absolute atomic E-state index is 0.0324. The summed E-state index contributed by atoms with van der Waals surface area (Å²) in [6.07, 6.45) is 0. The van der Waals surface area contributed by atoms with Crippen LogP contribution in [0.15, 0.2) is 24.3 Å². The van der Waals surface area contributed by atoms with Crippen molar-refractivity contribution in [3.05, 3.63) is 29.8 Å². The van der Waals surface area contributed by atoms with Crippen LogP contribution in [-0.2, 0) is 14.3 Å². The summed E-state index contributed by atoms with van der Waals surface area (Å²) in [7, 11) is 6.16. The number of morpholine rings is 1. The summed E-state index contributed by atoms with van der Waals surface area (Å²) in [4.78, 5) is 33.7. The number of anilines is 1. The second-order valence-corrected chi connectivity index (χ2v) is 8.76. The van der Waals surface area contributed by atoms with E-state index in [9.17, 15) is 9.59 Å². The Bertz CT molecular complexity index is 728. The number of rotatable bonds is 8. The van der Waals surface area contributed by atoms with Crippen LogP contribution in [0.1, 0.15) is 11.6 Å². The largest absolute Gasteiger partial charge is 0.379 e. The number of nitrogens with one attached hydrogen (secondary N) is 2. The normalized spacial score (nSPS) is 19.3. The highest BCUT2D eigenvalue weighted by Crippen LogP contribution is 2.24. The molecule has 2 aliphatic rings. The highest BCUT2D eigenvalue weighted by atomic mass is 16.5. The summed E-state index contributed by atoms with van der Waals surface area (Å²) in [6, 6.07) is 8.46. The van der Waals surface area contributed by atoms with Gasteiger partial charge in [0.2, 0.25) is 0 Å². The summed E-state index contributed by atoms with van der Waals surface area (Å²) >= 11 is 0. The molecule has 9 nitrogen and oxygen atoms in total. The topological polar surface area (TPSA) is 80.4 Å². The number of likely N-dealkylation sites (N-methyl/N-ethyl adjacent to an activating group) is 1. The predicted octanol–water partition coefficient (Wildman–Crippen LogP) is -0.394. The predicted molar refractivity (Wildman–Crippen MR) is 126 cm³/mol. The zero-order valence-corrected chi connectivity index (χ0v) is 19.7. The van der Waals surface area contributed by atoms with Crippen molar-refractivity contribution in [3.63, 3.8) is 0 Å². The number of hydrogen-bond acceptors (Lipinski definition) is 7. The molecule has 2 amide bonds. The Morgan fingerprint density at radius 3 is 2.22 bits per heavy atom. The van der Waals surface area contributed by atoms with Crippen molar-refractivity contribution in [2.24, 2.45) is 0 Å². The fourth-order valence-corrected chi connectivity index (χ4v) is 4.09. The van der Waals surface area contributed by atoms with E-state index in [0.717, 1.165) is 70.3 Å². The molecule has 3 rings (SSSR count).